The average molecular weight is 266 g/mol. The van der Waals surface area contributed by atoms with E-state index in [-0.39, 0.29) is 12.0 Å². The first kappa shape index (κ1) is 13.1. The number of hydrogen-bond acceptors (Lipinski definition) is 2. The highest BCUT2D eigenvalue weighted by Gasteiger charge is 2.33. The molecule has 2 heteroatoms. The molecule has 0 aliphatic carbocycles. The quantitative estimate of drug-likeness (QED) is 0.920. The molecule has 1 fully saturated rings. The predicted octanol–water partition coefficient (Wildman–Crippen LogP) is 3.59. The fraction of sp³-hybridized carbons (Fsp3) is 0.222. The highest BCUT2D eigenvalue weighted by molar-refractivity contribution is 5.50. The summed E-state index contributed by atoms with van der Waals surface area (Å²) in [6, 6.07) is 20.4. The topological polar surface area (TPSA) is 29.5 Å². The van der Waals surface area contributed by atoms with Crippen LogP contribution in [0.25, 0.3) is 6.08 Å². The molecule has 0 bridgehead atoms. The standard InChI is InChI=1S/C18H18O2/c19-18-13-16(15-9-5-2-6-10-15)17(20-18)12-11-14-7-3-1-4-8-14/h1-12,16-19H,13H2/b12-11+/t16-,17+,18+/m0/s1. The fourth-order valence-electron chi connectivity index (χ4n) is 2.66. The smallest absolute Gasteiger partial charge is 0.156 e. The maximum absolute atomic E-state index is 9.77. The van der Waals surface area contributed by atoms with Crippen molar-refractivity contribution in [2.24, 2.45) is 0 Å². The van der Waals surface area contributed by atoms with Crippen LogP contribution < -0.4 is 0 Å². The molecular formula is C18H18O2. The van der Waals surface area contributed by atoms with E-state index in [0.29, 0.717) is 6.42 Å². The molecule has 2 aromatic rings. The van der Waals surface area contributed by atoms with Gasteiger partial charge in [0.25, 0.3) is 0 Å². The Kier molecular flexibility index (Phi) is 3.95. The predicted molar refractivity (Wildman–Crippen MR) is 80.2 cm³/mol. The number of rotatable bonds is 3. The van der Waals surface area contributed by atoms with Gasteiger partial charge >= 0.3 is 0 Å². The monoisotopic (exact) mass is 266 g/mol. The molecule has 2 aromatic carbocycles. The summed E-state index contributed by atoms with van der Waals surface area (Å²) < 4.78 is 5.62. The first-order valence-corrected chi connectivity index (χ1v) is 6.94. The second kappa shape index (κ2) is 6.04. The van der Waals surface area contributed by atoms with Crippen molar-refractivity contribution < 1.29 is 9.84 Å². The first-order valence-electron chi connectivity index (χ1n) is 6.94. The summed E-state index contributed by atoms with van der Waals surface area (Å²) in [7, 11) is 0. The van der Waals surface area contributed by atoms with E-state index in [2.05, 4.69) is 30.3 Å². The van der Waals surface area contributed by atoms with Crippen LogP contribution in [0.3, 0.4) is 0 Å². The van der Waals surface area contributed by atoms with Crippen molar-refractivity contribution in [3.8, 4) is 0 Å². The average Bonchev–Trinajstić information content (AvgIpc) is 2.88. The van der Waals surface area contributed by atoms with E-state index in [1.807, 2.05) is 42.5 Å². The van der Waals surface area contributed by atoms with Crippen molar-refractivity contribution in [1.82, 2.24) is 0 Å². The molecule has 0 radical (unpaired) electrons. The summed E-state index contributed by atoms with van der Waals surface area (Å²) in [5.41, 5.74) is 2.36. The molecule has 0 saturated carbocycles. The van der Waals surface area contributed by atoms with Gasteiger partial charge < -0.3 is 9.84 Å². The second-order valence-corrected chi connectivity index (χ2v) is 5.08. The summed E-state index contributed by atoms with van der Waals surface area (Å²) in [5.74, 6) is 0.214. The third-order valence-corrected chi connectivity index (χ3v) is 3.67. The Labute approximate surface area is 119 Å². The lowest BCUT2D eigenvalue weighted by Crippen LogP contribution is -2.11. The molecule has 0 aromatic heterocycles. The maximum atomic E-state index is 9.77. The van der Waals surface area contributed by atoms with Gasteiger partial charge in [-0.15, -0.1) is 0 Å². The molecule has 0 amide bonds. The Bertz CT molecular complexity index is 562. The van der Waals surface area contributed by atoms with E-state index in [1.54, 1.807) is 0 Å². The number of ether oxygens (including phenoxy) is 1. The van der Waals surface area contributed by atoms with Crippen LogP contribution >= 0.6 is 0 Å². The van der Waals surface area contributed by atoms with Crippen LogP contribution in [-0.2, 0) is 4.74 Å². The minimum atomic E-state index is -0.675. The van der Waals surface area contributed by atoms with Crippen LogP contribution in [0.2, 0.25) is 0 Å². The van der Waals surface area contributed by atoms with Crippen LogP contribution in [0.4, 0.5) is 0 Å². The molecule has 1 aliphatic heterocycles. The van der Waals surface area contributed by atoms with Crippen molar-refractivity contribution in [2.45, 2.75) is 24.7 Å². The molecule has 2 nitrogen and oxygen atoms in total. The van der Waals surface area contributed by atoms with Gasteiger partial charge in [-0.05, 0) is 11.1 Å². The summed E-state index contributed by atoms with van der Waals surface area (Å²) >= 11 is 0. The van der Waals surface area contributed by atoms with Crippen LogP contribution in [0.5, 0.6) is 0 Å². The van der Waals surface area contributed by atoms with Crippen molar-refractivity contribution in [3.05, 3.63) is 77.9 Å². The minimum Gasteiger partial charge on any atom is -0.368 e. The molecule has 20 heavy (non-hydrogen) atoms. The Balaban J connectivity index is 1.79. The van der Waals surface area contributed by atoms with Gasteiger partial charge in [-0.1, -0.05) is 72.8 Å². The lowest BCUT2D eigenvalue weighted by molar-refractivity contribution is -0.0780. The third-order valence-electron chi connectivity index (χ3n) is 3.67. The van der Waals surface area contributed by atoms with Gasteiger partial charge in [0, 0.05) is 12.3 Å². The maximum Gasteiger partial charge on any atom is 0.156 e. The molecule has 0 unspecified atom stereocenters. The molecule has 3 atom stereocenters. The van der Waals surface area contributed by atoms with Gasteiger partial charge in [0.05, 0.1) is 6.10 Å². The zero-order valence-electron chi connectivity index (χ0n) is 11.2. The summed E-state index contributed by atoms with van der Waals surface area (Å²) in [4.78, 5) is 0. The molecule has 102 valence electrons. The molecule has 1 heterocycles. The largest absolute Gasteiger partial charge is 0.368 e. The van der Waals surface area contributed by atoms with E-state index in [4.69, 9.17) is 4.74 Å². The van der Waals surface area contributed by atoms with Crippen LogP contribution in [0, 0.1) is 0 Å². The van der Waals surface area contributed by atoms with Crippen LogP contribution in [0.1, 0.15) is 23.5 Å². The van der Waals surface area contributed by atoms with Crippen molar-refractivity contribution >= 4 is 6.08 Å². The Morgan fingerprint density at radius 3 is 2.30 bits per heavy atom. The fourth-order valence-corrected chi connectivity index (χ4v) is 2.66. The molecule has 0 spiro atoms. The summed E-state index contributed by atoms with van der Waals surface area (Å²) in [5, 5.41) is 9.77. The van der Waals surface area contributed by atoms with Gasteiger partial charge in [-0.2, -0.15) is 0 Å². The van der Waals surface area contributed by atoms with E-state index in [9.17, 15) is 5.11 Å². The van der Waals surface area contributed by atoms with Gasteiger partial charge in [0.15, 0.2) is 6.29 Å². The number of aliphatic hydroxyl groups excluding tert-OH is 1. The van der Waals surface area contributed by atoms with Crippen molar-refractivity contribution in [2.75, 3.05) is 0 Å². The Morgan fingerprint density at radius 1 is 0.950 bits per heavy atom. The van der Waals surface area contributed by atoms with Crippen molar-refractivity contribution in [1.29, 1.82) is 0 Å². The zero-order valence-corrected chi connectivity index (χ0v) is 11.2. The first-order chi connectivity index (χ1) is 9.83. The van der Waals surface area contributed by atoms with E-state index < -0.39 is 6.29 Å². The highest BCUT2D eigenvalue weighted by atomic mass is 16.6. The van der Waals surface area contributed by atoms with Crippen molar-refractivity contribution in [3.63, 3.8) is 0 Å². The highest BCUT2D eigenvalue weighted by Crippen LogP contribution is 2.35. The van der Waals surface area contributed by atoms with E-state index in [0.717, 1.165) is 5.56 Å². The molecule has 3 rings (SSSR count). The Morgan fingerprint density at radius 2 is 1.60 bits per heavy atom. The third kappa shape index (κ3) is 2.98. The number of hydrogen-bond donors (Lipinski definition) is 1. The molecule has 1 saturated heterocycles. The molecule has 1 N–H and O–H groups in total. The SMILES string of the molecule is O[C@H]1C[C@@H](c2ccccc2)[C@@H](/C=C/c2ccccc2)O1. The lowest BCUT2D eigenvalue weighted by atomic mass is 9.92. The van der Waals surface area contributed by atoms with E-state index in [1.165, 1.54) is 5.56 Å². The Hall–Kier alpha value is -1.90. The second-order valence-electron chi connectivity index (χ2n) is 5.08. The molecular weight excluding hydrogens is 248 g/mol. The zero-order chi connectivity index (χ0) is 13.8. The van der Waals surface area contributed by atoms with E-state index >= 15 is 0 Å². The van der Waals surface area contributed by atoms with Gasteiger partial charge in [0.2, 0.25) is 0 Å². The number of benzene rings is 2. The lowest BCUT2D eigenvalue weighted by Gasteiger charge is -2.14. The molecule has 1 aliphatic rings. The minimum absolute atomic E-state index is 0.0763. The van der Waals surface area contributed by atoms with Gasteiger partial charge in [0.1, 0.15) is 0 Å². The number of aliphatic hydroxyl groups is 1. The van der Waals surface area contributed by atoms with Crippen LogP contribution in [-0.4, -0.2) is 17.5 Å². The van der Waals surface area contributed by atoms with Gasteiger partial charge in [-0.25, -0.2) is 0 Å². The summed E-state index contributed by atoms with van der Waals surface area (Å²) in [6.07, 6.45) is 3.99. The van der Waals surface area contributed by atoms with Crippen LogP contribution in [0.15, 0.2) is 66.7 Å². The summed E-state index contributed by atoms with van der Waals surface area (Å²) in [6.45, 7) is 0. The normalized spacial score (nSPS) is 26.1. The van der Waals surface area contributed by atoms with Gasteiger partial charge in [-0.3, -0.25) is 0 Å².